The Morgan fingerprint density at radius 1 is 0.909 bits per heavy atom. The first-order valence-electron chi connectivity index (χ1n) is 14.3. The second kappa shape index (κ2) is 16.6. The van der Waals surface area contributed by atoms with Crippen LogP contribution in [0.2, 0.25) is 5.02 Å². The van der Waals surface area contributed by atoms with Crippen molar-refractivity contribution in [1.29, 1.82) is 0 Å². The molecule has 1 aliphatic heterocycles. The molecule has 44 heavy (non-hydrogen) atoms. The van der Waals surface area contributed by atoms with Gasteiger partial charge in [-0.1, -0.05) is 96.5 Å². The molecular formula is C36H39Cl3N4O. The maximum atomic E-state index is 10.5. The maximum Gasteiger partial charge on any atom is 1.00 e. The van der Waals surface area contributed by atoms with Crippen LogP contribution >= 0.6 is 24.0 Å². The Morgan fingerprint density at radius 2 is 1.50 bits per heavy atom. The predicted molar refractivity (Wildman–Crippen MR) is 182 cm³/mol. The zero-order valence-electron chi connectivity index (χ0n) is 26.3. The highest BCUT2D eigenvalue weighted by atomic mass is 35.5. The van der Waals surface area contributed by atoms with Gasteiger partial charge in [-0.3, -0.25) is 10.2 Å². The lowest BCUT2D eigenvalue weighted by Crippen LogP contribution is -3.00. The highest BCUT2D eigenvalue weighted by Gasteiger charge is 2.18. The van der Waals surface area contributed by atoms with Gasteiger partial charge >= 0.3 is 1.43 Å². The minimum Gasteiger partial charge on any atom is -1.00 e. The minimum absolute atomic E-state index is 0. The van der Waals surface area contributed by atoms with Crippen molar-refractivity contribution in [2.75, 3.05) is 34.2 Å². The number of fused-ring (bicyclic) bond motifs is 3. The summed E-state index contributed by atoms with van der Waals surface area (Å²) in [6.07, 6.45) is 5.78. The third-order valence-electron chi connectivity index (χ3n) is 7.52. The van der Waals surface area contributed by atoms with E-state index in [1.54, 1.807) is 13.1 Å². The van der Waals surface area contributed by atoms with Gasteiger partial charge in [0.2, 0.25) is 0 Å². The molecule has 0 bridgehead atoms. The lowest BCUT2D eigenvalue weighted by Gasteiger charge is -2.19. The van der Waals surface area contributed by atoms with Crippen LogP contribution < -0.4 is 23.0 Å². The van der Waals surface area contributed by atoms with E-state index in [1.165, 1.54) is 32.9 Å². The van der Waals surface area contributed by atoms with E-state index in [1.807, 2.05) is 42.5 Å². The number of nitrogens with zero attached hydrogens (tertiary/aromatic N) is 4. The molecule has 0 radical (unpaired) electrons. The molecule has 2 aliphatic rings. The van der Waals surface area contributed by atoms with E-state index in [-0.39, 0.29) is 32.8 Å². The standard InChI is InChI=1S/C20H23N.C16H14ClN3O.2ClH/c1-21(2)15-7-12-20-18-10-5-3-8-16(18)13-14-17-9-4-6-11-19(17)20;1-18-15-10-20(21)16(11-5-3-2-4-6-11)13-9-12(17)7-8-14(13)19-15;;/h3-6,8-12H,7,13-15H2,1-2H3;2-9,21H,10H2,1H3;2*1H. The Bertz CT molecular complexity index is 1690. The first kappa shape index (κ1) is 35.0. The highest BCUT2D eigenvalue weighted by molar-refractivity contribution is 6.30. The average molecular weight is 650 g/mol. The lowest BCUT2D eigenvalue weighted by molar-refractivity contribution is -0.0120. The van der Waals surface area contributed by atoms with Crippen LogP contribution in [0, 0.1) is 0 Å². The van der Waals surface area contributed by atoms with Crippen molar-refractivity contribution in [3.05, 3.63) is 147 Å². The summed E-state index contributed by atoms with van der Waals surface area (Å²) in [6, 6.07) is 32.9. The predicted octanol–water partition coefficient (Wildman–Crippen LogP) is 3.56. The molecular weight excluding hydrogens is 611 g/mol. The minimum atomic E-state index is 0. The van der Waals surface area contributed by atoms with Gasteiger partial charge in [0.05, 0.1) is 11.1 Å². The quantitative estimate of drug-likeness (QED) is 0.368. The summed E-state index contributed by atoms with van der Waals surface area (Å²) in [7, 11) is 5.93. The molecule has 4 aromatic rings. The Labute approximate surface area is 279 Å². The molecule has 5 nitrogen and oxygen atoms in total. The van der Waals surface area contributed by atoms with Crippen molar-refractivity contribution in [3.63, 3.8) is 0 Å². The molecule has 4 aromatic carbocycles. The summed E-state index contributed by atoms with van der Waals surface area (Å²) in [5.74, 6) is 0.562. The molecule has 1 aliphatic carbocycles. The van der Waals surface area contributed by atoms with Crippen LogP contribution in [0.5, 0.6) is 0 Å². The molecule has 0 atom stereocenters. The molecule has 0 amide bonds. The number of hydrogen-bond donors (Lipinski definition) is 1. The zero-order valence-corrected chi connectivity index (χ0v) is 27.6. The Kier molecular flexibility index (Phi) is 13.2. The molecule has 0 saturated heterocycles. The molecule has 0 unspecified atom stereocenters. The largest absolute Gasteiger partial charge is 1.00 e. The van der Waals surface area contributed by atoms with E-state index in [2.05, 4.69) is 83.6 Å². The lowest BCUT2D eigenvalue weighted by atomic mass is 9.93. The molecule has 1 heterocycles. The Morgan fingerprint density at radius 3 is 2.09 bits per heavy atom. The first-order valence-corrected chi connectivity index (χ1v) is 14.7. The van der Waals surface area contributed by atoms with Gasteiger partial charge in [0.1, 0.15) is 12.4 Å². The van der Waals surface area contributed by atoms with Crippen LogP contribution in [0.3, 0.4) is 0 Å². The number of halogens is 3. The number of aliphatic imine (C=N–C) groups is 1. The van der Waals surface area contributed by atoms with Gasteiger partial charge < -0.3 is 17.3 Å². The number of amidine groups is 1. The molecule has 0 spiro atoms. The number of benzene rings is 4. The van der Waals surface area contributed by atoms with Crippen molar-refractivity contribution in [2.45, 2.75) is 19.3 Å². The van der Waals surface area contributed by atoms with E-state index in [0.717, 1.165) is 41.9 Å². The van der Waals surface area contributed by atoms with Crippen LogP contribution in [0.15, 0.2) is 113 Å². The van der Waals surface area contributed by atoms with Gasteiger partial charge in [0, 0.05) is 29.4 Å². The van der Waals surface area contributed by atoms with E-state index < -0.39 is 0 Å². The van der Waals surface area contributed by atoms with E-state index in [9.17, 15) is 5.21 Å². The van der Waals surface area contributed by atoms with Crippen LogP contribution in [0.4, 0.5) is 0 Å². The highest BCUT2D eigenvalue weighted by Crippen LogP contribution is 2.33. The Hall–Kier alpha value is -3.45. The van der Waals surface area contributed by atoms with Crippen molar-refractivity contribution in [1.82, 2.24) is 9.96 Å². The van der Waals surface area contributed by atoms with Crippen molar-refractivity contribution in [2.24, 2.45) is 9.98 Å². The molecule has 230 valence electrons. The maximum absolute atomic E-state index is 10.5. The van der Waals surface area contributed by atoms with Gasteiger partial charge in [-0.25, -0.2) is 10.1 Å². The number of hydrogen-bond acceptors (Lipinski definition) is 4. The fourth-order valence-corrected chi connectivity index (χ4v) is 5.62. The summed E-state index contributed by atoms with van der Waals surface area (Å²) in [6.45, 7) is 1.32. The summed E-state index contributed by atoms with van der Waals surface area (Å²) in [4.78, 5) is 10.8. The second-order valence-electron chi connectivity index (χ2n) is 10.7. The fourth-order valence-electron chi connectivity index (χ4n) is 5.45. The molecule has 1 N–H and O–H groups in total. The third-order valence-corrected chi connectivity index (χ3v) is 7.76. The summed E-state index contributed by atoms with van der Waals surface area (Å²) in [5.41, 5.74) is 8.78. The van der Waals surface area contributed by atoms with Crippen LogP contribution in [-0.2, 0) is 12.8 Å². The second-order valence-corrected chi connectivity index (χ2v) is 11.1. The third kappa shape index (κ3) is 8.38. The Balaban J connectivity index is 0.000000294. The SMILES string of the molecule is CN(C)CCC=C1c2ccccc2CCc2ccccc21.CN=C1CN(O)C(c2ccccc2)=c2cc(Cl)ccc2=N1.Cl.[Cl-].[H+]. The molecule has 0 saturated carbocycles. The van der Waals surface area contributed by atoms with Gasteiger partial charge in [0.15, 0.2) is 0 Å². The monoisotopic (exact) mass is 648 g/mol. The van der Waals surface area contributed by atoms with Crippen molar-refractivity contribution in [3.8, 4) is 0 Å². The van der Waals surface area contributed by atoms with Crippen LogP contribution in [0.1, 0.15) is 35.7 Å². The molecule has 0 fully saturated rings. The number of rotatable bonds is 4. The topological polar surface area (TPSA) is 51.4 Å². The van der Waals surface area contributed by atoms with Gasteiger partial charge in [-0.2, -0.15) is 0 Å². The van der Waals surface area contributed by atoms with Crippen molar-refractivity contribution < 1.29 is 19.0 Å². The average Bonchev–Trinajstić information content (AvgIpc) is 3.25. The van der Waals surface area contributed by atoms with E-state index >= 15 is 0 Å². The summed E-state index contributed by atoms with van der Waals surface area (Å²) < 4.78 is 0. The van der Waals surface area contributed by atoms with E-state index in [0.29, 0.717) is 16.6 Å². The smallest absolute Gasteiger partial charge is 1.00 e. The molecule has 8 heteroatoms. The van der Waals surface area contributed by atoms with Crippen molar-refractivity contribution >= 4 is 41.1 Å². The first-order chi connectivity index (χ1) is 20.4. The fraction of sp³-hybridized carbons (Fsp3) is 0.222. The number of aryl methyl sites for hydroxylation is 2. The summed E-state index contributed by atoms with van der Waals surface area (Å²) in [5, 5.41) is 13.8. The van der Waals surface area contributed by atoms with Gasteiger partial charge in [-0.15, -0.1) is 12.4 Å². The number of hydroxylamine groups is 2. The normalized spacial score (nSPS) is 14.3. The molecule has 6 rings (SSSR count). The zero-order chi connectivity index (χ0) is 29.5. The van der Waals surface area contributed by atoms with Gasteiger partial charge in [0.25, 0.3) is 0 Å². The van der Waals surface area contributed by atoms with Crippen LogP contribution in [-0.4, -0.2) is 55.2 Å². The summed E-state index contributed by atoms with van der Waals surface area (Å²) >= 11 is 6.12. The van der Waals surface area contributed by atoms with Gasteiger partial charge in [-0.05, 0) is 79.4 Å². The molecule has 0 aromatic heterocycles. The van der Waals surface area contributed by atoms with Crippen LogP contribution in [0.25, 0.3) is 11.3 Å². The van der Waals surface area contributed by atoms with E-state index in [4.69, 9.17) is 11.6 Å².